The van der Waals surface area contributed by atoms with Gasteiger partial charge in [-0.2, -0.15) is 0 Å². The van der Waals surface area contributed by atoms with E-state index in [1.165, 1.54) is 0 Å². The van der Waals surface area contributed by atoms with E-state index in [9.17, 15) is 9.59 Å². The number of hydrogen-bond acceptors (Lipinski definition) is 4. The number of carbonyl (C=O) groups is 2. The Kier molecular flexibility index (Phi) is 12.2. The van der Waals surface area contributed by atoms with Crippen molar-refractivity contribution in [3.63, 3.8) is 0 Å². The number of Topliss-reactive ketones (excluding diaryl/α,β-unsaturated/α-hetero) is 1. The monoisotopic (exact) mass is 218 g/mol. The molecule has 0 aromatic carbocycles. The van der Waals surface area contributed by atoms with Crippen LogP contribution in [0, 0.1) is 5.92 Å². The zero-order valence-electron chi connectivity index (χ0n) is 9.96. The molecule has 0 bridgehead atoms. The van der Waals surface area contributed by atoms with Gasteiger partial charge in [-0.05, 0) is 21.0 Å². The molecule has 0 fully saturated rings. The Hall–Kier alpha value is -0.940. The first-order valence-electron chi connectivity index (χ1n) is 4.97. The van der Waals surface area contributed by atoms with Crippen molar-refractivity contribution < 1.29 is 14.7 Å². The number of aliphatic carboxylic acids is 1. The van der Waals surface area contributed by atoms with Crippen LogP contribution in [0.5, 0.6) is 0 Å². The summed E-state index contributed by atoms with van der Waals surface area (Å²) in [7, 11) is 3.57. The highest BCUT2D eigenvalue weighted by Crippen LogP contribution is 1.91. The molecule has 1 unspecified atom stereocenters. The fourth-order valence-corrected chi connectivity index (χ4v) is 0.682. The number of rotatable bonds is 6. The van der Waals surface area contributed by atoms with Crippen LogP contribution in [-0.2, 0) is 9.59 Å². The van der Waals surface area contributed by atoms with Gasteiger partial charge in [0.25, 0.3) is 0 Å². The van der Waals surface area contributed by atoms with E-state index in [1.807, 2.05) is 14.0 Å². The van der Waals surface area contributed by atoms with Gasteiger partial charge in [0.15, 0.2) is 0 Å². The molecule has 0 aromatic heterocycles. The van der Waals surface area contributed by atoms with Crippen LogP contribution >= 0.6 is 0 Å². The van der Waals surface area contributed by atoms with Crippen LogP contribution in [-0.4, -0.2) is 44.0 Å². The predicted molar refractivity (Wildman–Crippen MR) is 60.0 cm³/mol. The van der Waals surface area contributed by atoms with Crippen molar-refractivity contribution in [2.75, 3.05) is 27.2 Å². The van der Waals surface area contributed by atoms with Crippen molar-refractivity contribution in [2.24, 2.45) is 5.92 Å². The summed E-state index contributed by atoms with van der Waals surface area (Å²) in [6.07, 6.45) is 0.205. The van der Waals surface area contributed by atoms with Gasteiger partial charge in [0.05, 0.1) is 6.42 Å². The van der Waals surface area contributed by atoms with Gasteiger partial charge >= 0.3 is 5.97 Å². The number of carbonyl (C=O) groups excluding carboxylic acids is 1. The zero-order valence-corrected chi connectivity index (χ0v) is 9.96. The van der Waals surface area contributed by atoms with E-state index in [-0.39, 0.29) is 18.1 Å². The average molecular weight is 218 g/mol. The van der Waals surface area contributed by atoms with Crippen LogP contribution in [0.3, 0.4) is 0 Å². The SMILES string of the molecule is CNCC(C)C(C)=O.CNCCC(=O)O. The third-order valence-corrected chi connectivity index (χ3v) is 1.79. The van der Waals surface area contributed by atoms with Crippen LogP contribution < -0.4 is 10.6 Å². The summed E-state index contributed by atoms with van der Waals surface area (Å²) in [6.45, 7) is 4.87. The molecule has 15 heavy (non-hydrogen) atoms. The normalized spacial score (nSPS) is 11.2. The molecule has 0 spiro atoms. The lowest BCUT2D eigenvalue weighted by Crippen LogP contribution is -2.21. The fraction of sp³-hybridized carbons (Fsp3) is 0.800. The van der Waals surface area contributed by atoms with E-state index in [0.29, 0.717) is 6.54 Å². The molecule has 0 aromatic rings. The average Bonchev–Trinajstić information content (AvgIpc) is 2.16. The van der Waals surface area contributed by atoms with Gasteiger partial charge in [-0.1, -0.05) is 6.92 Å². The first kappa shape index (κ1) is 16.5. The minimum atomic E-state index is -0.755. The molecule has 0 amide bonds. The van der Waals surface area contributed by atoms with Crippen LogP contribution in [0.1, 0.15) is 20.3 Å². The molecule has 0 aliphatic rings. The van der Waals surface area contributed by atoms with E-state index in [2.05, 4.69) is 10.6 Å². The van der Waals surface area contributed by atoms with Crippen LogP contribution in [0.25, 0.3) is 0 Å². The Morgan fingerprint density at radius 1 is 1.27 bits per heavy atom. The third-order valence-electron chi connectivity index (χ3n) is 1.79. The summed E-state index contributed by atoms with van der Waals surface area (Å²) in [4.78, 5) is 20.2. The smallest absolute Gasteiger partial charge is 0.304 e. The number of ketones is 1. The lowest BCUT2D eigenvalue weighted by Gasteiger charge is -2.03. The van der Waals surface area contributed by atoms with Gasteiger partial charge < -0.3 is 15.7 Å². The van der Waals surface area contributed by atoms with Crippen molar-refractivity contribution in [3.8, 4) is 0 Å². The van der Waals surface area contributed by atoms with Gasteiger partial charge in [0, 0.05) is 19.0 Å². The lowest BCUT2D eigenvalue weighted by molar-refractivity contribution is -0.136. The van der Waals surface area contributed by atoms with Crippen molar-refractivity contribution in [2.45, 2.75) is 20.3 Å². The molecular formula is C10H22N2O3. The maximum atomic E-state index is 10.5. The highest BCUT2D eigenvalue weighted by Gasteiger charge is 2.03. The Morgan fingerprint density at radius 2 is 1.80 bits per heavy atom. The molecular weight excluding hydrogens is 196 g/mol. The number of nitrogens with one attached hydrogen (secondary N) is 2. The minimum absolute atomic E-state index is 0.167. The van der Waals surface area contributed by atoms with Gasteiger partial charge in [-0.25, -0.2) is 0 Å². The number of carboxylic acid groups (broad SMARTS) is 1. The number of hydrogen-bond donors (Lipinski definition) is 3. The summed E-state index contributed by atoms with van der Waals surface area (Å²) in [5, 5.41) is 13.7. The van der Waals surface area contributed by atoms with E-state index in [4.69, 9.17) is 5.11 Å². The second kappa shape index (κ2) is 11.1. The maximum absolute atomic E-state index is 10.5. The number of carboxylic acids is 1. The lowest BCUT2D eigenvalue weighted by atomic mass is 10.1. The predicted octanol–water partition coefficient (Wildman–Crippen LogP) is 0.111. The summed E-state index contributed by atoms with van der Waals surface area (Å²) in [5.41, 5.74) is 0. The quantitative estimate of drug-likeness (QED) is 0.590. The summed E-state index contributed by atoms with van der Waals surface area (Å²) < 4.78 is 0. The van der Waals surface area contributed by atoms with Crippen molar-refractivity contribution >= 4 is 11.8 Å². The van der Waals surface area contributed by atoms with Gasteiger partial charge in [-0.15, -0.1) is 0 Å². The van der Waals surface area contributed by atoms with Crippen molar-refractivity contribution in [3.05, 3.63) is 0 Å². The molecule has 1 atom stereocenters. The molecule has 0 aliphatic heterocycles. The Morgan fingerprint density at radius 3 is 1.93 bits per heavy atom. The molecule has 0 radical (unpaired) electrons. The molecule has 0 rings (SSSR count). The van der Waals surface area contributed by atoms with Crippen LogP contribution in [0.15, 0.2) is 0 Å². The van der Waals surface area contributed by atoms with E-state index < -0.39 is 5.97 Å². The Bertz CT molecular complexity index is 184. The Labute approximate surface area is 91.2 Å². The van der Waals surface area contributed by atoms with Crippen LogP contribution in [0.2, 0.25) is 0 Å². The largest absolute Gasteiger partial charge is 0.481 e. The van der Waals surface area contributed by atoms with Crippen molar-refractivity contribution in [1.82, 2.24) is 10.6 Å². The molecule has 5 nitrogen and oxygen atoms in total. The first-order valence-corrected chi connectivity index (χ1v) is 4.97. The highest BCUT2D eigenvalue weighted by atomic mass is 16.4. The summed E-state index contributed by atoms with van der Waals surface area (Å²) >= 11 is 0. The van der Waals surface area contributed by atoms with Crippen LogP contribution in [0.4, 0.5) is 0 Å². The fourth-order valence-electron chi connectivity index (χ4n) is 0.682. The van der Waals surface area contributed by atoms with Gasteiger partial charge in [0.2, 0.25) is 0 Å². The van der Waals surface area contributed by atoms with Gasteiger partial charge in [0.1, 0.15) is 5.78 Å². The second-order valence-corrected chi connectivity index (χ2v) is 3.32. The van der Waals surface area contributed by atoms with E-state index in [1.54, 1.807) is 14.0 Å². The maximum Gasteiger partial charge on any atom is 0.304 e. The third kappa shape index (κ3) is 15.8. The topological polar surface area (TPSA) is 78.4 Å². The first-order chi connectivity index (χ1) is 6.95. The second-order valence-electron chi connectivity index (χ2n) is 3.32. The van der Waals surface area contributed by atoms with Gasteiger partial charge in [-0.3, -0.25) is 9.59 Å². The Balaban J connectivity index is 0. The summed E-state index contributed by atoms with van der Waals surface area (Å²) in [5.74, 6) is -0.339. The molecule has 3 N–H and O–H groups in total. The molecule has 0 aliphatic carbocycles. The van der Waals surface area contributed by atoms with Crippen molar-refractivity contribution in [1.29, 1.82) is 0 Å². The molecule has 0 heterocycles. The standard InChI is InChI=1S/C6H13NO.C4H9NO2/c1-5(4-7-3)6(2)8;1-5-3-2-4(6)7/h5,7H,4H2,1-3H3;5H,2-3H2,1H3,(H,6,7). The summed E-state index contributed by atoms with van der Waals surface area (Å²) in [6, 6.07) is 0. The molecule has 90 valence electrons. The minimum Gasteiger partial charge on any atom is -0.481 e. The zero-order chi connectivity index (χ0) is 12.3. The molecule has 0 saturated carbocycles. The van der Waals surface area contributed by atoms with E-state index >= 15 is 0 Å². The van der Waals surface area contributed by atoms with E-state index in [0.717, 1.165) is 6.54 Å². The molecule has 5 heteroatoms. The highest BCUT2D eigenvalue weighted by molar-refractivity contribution is 5.78. The molecule has 0 saturated heterocycles.